The van der Waals surface area contributed by atoms with Crippen molar-refractivity contribution in [2.75, 3.05) is 6.61 Å². The highest BCUT2D eigenvalue weighted by Crippen LogP contribution is 2.05. The molecule has 0 aliphatic heterocycles. The SMILES string of the molecule is [2H]NC(O)[C@H](O)[C@@H](O)[C@@H](O)[C@H](O)CO. The largest absolute Gasteiger partial charge is 0.394 e. The van der Waals surface area contributed by atoms with Gasteiger partial charge in [0.15, 0.2) is 0 Å². The molecule has 80 valence electrons. The lowest BCUT2D eigenvalue weighted by Gasteiger charge is -2.26. The van der Waals surface area contributed by atoms with Crippen LogP contribution in [0.1, 0.15) is 0 Å². The van der Waals surface area contributed by atoms with Gasteiger partial charge >= 0.3 is 0 Å². The van der Waals surface area contributed by atoms with Gasteiger partial charge in [-0.1, -0.05) is 0 Å². The minimum Gasteiger partial charge on any atom is -0.394 e. The summed E-state index contributed by atoms with van der Waals surface area (Å²) in [6, 6.07) is 0. The Morgan fingerprint density at radius 2 is 1.54 bits per heavy atom. The summed E-state index contributed by atoms with van der Waals surface area (Å²) in [6.07, 6.45) is -8.91. The van der Waals surface area contributed by atoms with Crippen molar-refractivity contribution in [2.45, 2.75) is 30.6 Å². The normalized spacial score (nSPS) is 24.3. The molecular weight excluding hydrogens is 182 g/mol. The molecule has 0 spiro atoms. The second-order valence-corrected chi connectivity index (χ2v) is 2.67. The van der Waals surface area contributed by atoms with E-state index in [0.717, 1.165) is 0 Å². The van der Waals surface area contributed by atoms with Gasteiger partial charge in [0.05, 0.1) is 6.61 Å². The maximum Gasteiger partial charge on any atom is 0.131 e. The second-order valence-electron chi connectivity index (χ2n) is 2.67. The zero-order valence-electron chi connectivity index (χ0n) is 7.78. The molecule has 0 heterocycles. The van der Waals surface area contributed by atoms with Crippen LogP contribution in [-0.2, 0) is 0 Å². The zero-order valence-corrected chi connectivity index (χ0v) is 6.78. The molecule has 7 nitrogen and oxygen atoms in total. The van der Waals surface area contributed by atoms with Crippen LogP contribution in [0.3, 0.4) is 0 Å². The van der Waals surface area contributed by atoms with E-state index in [1.54, 1.807) is 0 Å². The molecule has 1 unspecified atom stereocenters. The van der Waals surface area contributed by atoms with Gasteiger partial charge in [-0.2, -0.15) is 0 Å². The second kappa shape index (κ2) is 5.45. The lowest BCUT2D eigenvalue weighted by atomic mass is 10.0. The van der Waals surface area contributed by atoms with E-state index in [2.05, 4.69) is 0 Å². The Morgan fingerprint density at radius 1 is 1.00 bits per heavy atom. The molecule has 0 aromatic heterocycles. The van der Waals surface area contributed by atoms with Gasteiger partial charge in [-0.3, -0.25) is 0 Å². The van der Waals surface area contributed by atoms with Gasteiger partial charge in [0.25, 0.3) is 0 Å². The molecule has 8 N–H and O–H groups in total. The Kier molecular flexibility index (Phi) is 4.53. The van der Waals surface area contributed by atoms with Crippen LogP contribution < -0.4 is 5.73 Å². The van der Waals surface area contributed by atoms with Crippen molar-refractivity contribution in [3.63, 3.8) is 0 Å². The van der Waals surface area contributed by atoms with Gasteiger partial charge in [-0.25, -0.2) is 0 Å². The highest BCUT2D eigenvalue weighted by molar-refractivity contribution is 4.82. The average Bonchev–Trinajstić information content (AvgIpc) is 2.23. The first-order valence-corrected chi connectivity index (χ1v) is 3.64. The Balaban J connectivity index is 4.22. The molecule has 0 fully saturated rings. The van der Waals surface area contributed by atoms with Gasteiger partial charge in [0.2, 0.25) is 0 Å². The number of hydrogen-bond acceptors (Lipinski definition) is 7. The minimum atomic E-state index is -1.87. The Bertz CT molecular complexity index is 145. The molecule has 0 rings (SSSR count). The van der Waals surface area contributed by atoms with Crippen LogP contribution in [0.5, 0.6) is 0 Å². The summed E-state index contributed by atoms with van der Waals surface area (Å²) in [7, 11) is 0. The minimum absolute atomic E-state index is 0.796. The van der Waals surface area contributed by atoms with E-state index in [0.29, 0.717) is 0 Å². The molecule has 0 radical (unpaired) electrons. The molecule has 0 aromatic carbocycles. The third-order valence-corrected chi connectivity index (χ3v) is 1.60. The third-order valence-electron chi connectivity index (χ3n) is 1.60. The first-order chi connectivity index (χ1) is 6.45. The van der Waals surface area contributed by atoms with Crippen LogP contribution in [0, 0.1) is 0 Å². The van der Waals surface area contributed by atoms with E-state index < -0.39 is 37.3 Å². The Hall–Kier alpha value is -0.280. The van der Waals surface area contributed by atoms with Crippen molar-refractivity contribution >= 4 is 0 Å². The zero-order chi connectivity index (χ0) is 11.3. The lowest BCUT2D eigenvalue weighted by Crippen LogP contribution is -2.52. The highest BCUT2D eigenvalue weighted by Gasteiger charge is 2.32. The molecule has 0 aliphatic carbocycles. The van der Waals surface area contributed by atoms with Crippen molar-refractivity contribution < 1.29 is 32.1 Å². The van der Waals surface area contributed by atoms with E-state index in [1.807, 2.05) is 0 Å². The molecule has 7 heteroatoms. The molecule has 5 atom stereocenters. The Morgan fingerprint density at radius 3 is 1.92 bits per heavy atom. The van der Waals surface area contributed by atoms with Crippen molar-refractivity contribution in [2.24, 2.45) is 5.73 Å². The van der Waals surface area contributed by atoms with Gasteiger partial charge in [-0.15, -0.1) is 0 Å². The summed E-state index contributed by atoms with van der Waals surface area (Å²) in [4.78, 5) is 0. The Labute approximate surface area is 76.1 Å². The van der Waals surface area contributed by atoms with Crippen LogP contribution in [0.2, 0.25) is 1.41 Å². The van der Waals surface area contributed by atoms with Gasteiger partial charge in [0.1, 0.15) is 32.1 Å². The average molecular weight is 198 g/mol. The summed E-state index contributed by atoms with van der Waals surface area (Å²) in [5, 5.41) is 53.4. The molecular formula is C6H15NO6. The number of aliphatic hydroxyl groups is 6. The summed E-state index contributed by atoms with van der Waals surface area (Å²) in [5.74, 6) is 0. The summed E-state index contributed by atoms with van der Waals surface area (Å²) in [5.41, 5.74) is 1.50. The number of rotatable bonds is 6. The van der Waals surface area contributed by atoms with Crippen molar-refractivity contribution in [3.05, 3.63) is 0 Å². The quantitative estimate of drug-likeness (QED) is 0.213. The van der Waals surface area contributed by atoms with E-state index in [9.17, 15) is 0 Å². The summed E-state index contributed by atoms with van der Waals surface area (Å²) >= 11 is 0. The predicted molar refractivity (Wildman–Crippen MR) is 41.3 cm³/mol. The highest BCUT2D eigenvalue weighted by atomic mass is 16.4. The third kappa shape index (κ3) is 3.53. The fraction of sp³-hybridized carbons (Fsp3) is 1.00. The number of hydrogen-bond donors (Lipinski definition) is 7. The number of aliphatic hydroxyl groups excluding tert-OH is 6. The van der Waals surface area contributed by atoms with Crippen LogP contribution in [-0.4, -0.2) is 67.9 Å². The van der Waals surface area contributed by atoms with Crippen molar-refractivity contribution in [1.82, 2.24) is 0 Å². The van der Waals surface area contributed by atoms with E-state index in [1.165, 1.54) is 5.73 Å². The fourth-order valence-electron chi connectivity index (χ4n) is 0.724. The molecule has 0 saturated carbocycles. The van der Waals surface area contributed by atoms with Crippen LogP contribution in [0.25, 0.3) is 0 Å². The fourth-order valence-corrected chi connectivity index (χ4v) is 0.724. The molecule has 0 amide bonds. The summed E-state index contributed by atoms with van der Waals surface area (Å²) in [6.45, 7) is -0.796. The van der Waals surface area contributed by atoms with Crippen LogP contribution in [0.15, 0.2) is 0 Å². The maximum absolute atomic E-state index is 9.13. The number of nitrogens with two attached hydrogens (primary N) is 1. The van der Waals surface area contributed by atoms with Gasteiger partial charge in [-0.05, 0) is 0 Å². The van der Waals surface area contributed by atoms with E-state index in [-0.39, 0.29) is 0 Å². The lowest BCUT2D eigenvalue weighted by molar-refractivity contribution is -0.139. The first-order valence-electron chi connectivity index (χ1n) is 4.14. The molecule has 0 saturated heterocycles. The van der Waals surface area contributed by atoms with Crippen LogP contribution in [0.4, 0.5) is 0 Å². The van der Waals surface area contributed by atoms with E-state index in [4.69, 9.17) is 32.1 Å². The van der Waals surface area contributed by atoms with Gasteiger partial charge in [0, 0.05) is 0 Å². The monoisotopic (exact) mass is 198 g/mol. The van der Waals surface area contributed by atoms with Crippen molar-refractivity contribution in [1.29, 1.82) is 0 Å². The molecule has 0 aromatic rings. The van der Waals surface area contributed by atoms with Crippen LogP contribution >= 0.6 is 0 Å². The first kappa shape index (κ1) is 10.8. The van der Waals surface area contributed by atoms with Gasteiger partial charge < -0.3 is 36.4 Å². The topological polar surface area (TPSA) is 147 Å². The van der Waals surface area contributed by atoms with Crippen molar-refractivity contribution in [3.8, 4) is 0 Å². The maximum atomic E-state index is 9.13. The van der Waals surface area contributed by atoms with E-state index >= 15 is 0 Å². The smallest absolute Gasteiger partial charge is 0.131 e. The molecule has 13 heavy (non-hydrogen) atoms. The molecule has 0 aliphatic rings. The standard InChI is InChI=1S/C6H15NO6/c7-6(13)5(12)4(11)3(10)2(9)1-8/h2-6,8-13H,1,7H2/t2-,3+,4+,5-,6?/m1/s1/i/hD. The summed E-state index contributed by atoms with van der Waals surface area (Å²) < 4.78 is 6.46. The molecule has 0 bridgehead atoms. The predicted octanol–water partition coefficient (Wildman–Crippen LogP) is -4.30.